The highest BCUT2D eigenvalue weighted by molar-refractivity contribution is 6.35. The maximum absolute atomic E-state index is 13.7. The molecule has 3 amide bonds. The Hall–Kier alpha value is -5.23. The fraction of sp³-hybridized carbons (Fsp3) is 0.212. The van der Waals surface area contributed by atoms with Crippen LogP contribution in [0.2, 0.25) is 0 Å². The van der Waals surface area contributed by atoms with Gasteiger partial charge in [0.1, 0.15) is 0 Å². The SMILES string of the molecule is CCN1CCN(c2cc(NC(=O)Nc3cccc(Nc4ccc5c(c4)NC(=O)C5=Cc4ccc[nH]4)c3)cc(C(F)(F)F)c2)CC1. The average molecular weight is 616 g/mol. The number of carbonyl (C=O) groups is 2. The van der Waals surface area contributed by atoms with Crippen molar-refractivity contribution in [1.29, 1.82) is 0 Å². The predicted molar refractivity (Wildman–Crippen MR) is 172 cm³/mol. The van der Waals surface area contributed by atoms with Crippen LogP contribution in [0.4, 0.5) is 52.1 Å². The zero-order valence-electron chi connectivity index (χ0n) is 24.5. The van der Waals surface area contributed by atoms with Crippen molar-refractivity contribution in [2.45, 2.75) is 13.1 Å². The molecule has 0 saturated carbocycles. The van der Waals surface area contributed by atoms with Gasteiger partial charge in [0.25, 0.3) is 5.91 Å². The van der Waals surface area contributed by atoms with Crippen LogP contribution in [0.5, 0.6) is 0 Å². The van der Waals surface area contributed by atoms with Crippen LogP contribution in [0.3, 0.4) is 0 Å². The molecular formula is C33H32F3N7O2. The zero-order chi connectivity index (χ0) is 31.6. The number of nitrogens with zero attached hydrogens (tertiary/aromatic N) is 2. The molecule has 3 heterocycles. The summed E-state index contributed by atoms with van der Waals surface area (Å²) < 4.78 is 41.2. The highest BCUT2D eigenvalue weighted by Gasteiger charge is 2.32. The number of piperazine rings is 1. The number of aromatic amines is 1. The van der Waals surface area contributed by atoms with E-state index in [9.17, 15) is 22.8 Å². The molecule has 2 aliphatic rings. The first-order valence-corrected chi connectivity index (χ1v) is 14.6. The smallest absolute Gasteiger partial charge is 0.369 e. The first kappa shape index (κ1) is 29.8. The third kappa shape index (κ3) is 6.96. The monoisotopic (exact) mass is 615 g/mol. The van der Waals surface area contributed by atoms with E-state index in [2.05, 4.69) is 38.1 Å². The van der Waals surface area contributed by atoms with E-state index in [1.54, 1.807) is 36.5 Å². The number of hydrogen-bond acceptors (Lipinski definition) is 5. The van der Waals surface area contributed by atoms with Crippen LogP contribution >= 0.6 is 0 Å². The Balaban J connectivity index is 1.13. The van der Waals surface area contributed by atoms with E-state index in [4.69, 9.17) is 0 Å². The summed E-state index contributed by atoms with van der Waals surface area (Å²) in [6.07, 6.45) is -0.978. The van der Waals surface area contributed by atoms with Crippen LogP contribution in [-0.4, -0.2) is 54.5 Å². The van der Waals surface area contributed by atoms with Crippen molar-refractivity contribution >= 4 is 57.7 Å². The molecule has 45 heavy (non-hydrogen) atoms. The fourth-order valence-corrected chi connectivity index (χ4v) is 5.49. The second-order valence-electron chi connectivity index (χ2n) is 10.9. The van der Waals surface area contributed by atoms with Crippen LogP contribution in [0.1, 0.15) is 23.7 Å². The van der Waals surface area contributed by atoms with Crippen LogP contribution in [0.25, 0.3) is 11.6 Å². The van der Waals surface area contributed by atoms with Gasteiger partial charge in [-0.3, -0.25) is 4.79 Å². The minimum atomic E-state index is -4.56. The topological polar surface area (TPSA) is 105 Å². The normalized spacial score (nSPS) is 16.0. The number of urea groups is 1. The zero-order valence-corrected chi connectivity index (χ0v) is 24.5. The number of anilines is 6. The molecule has 0 aliphatic carbocycles. The maximum atomic E-state index is 13.7. The van der Waals surface area contributed by atoms with E-state index >= 15 is 0 Å². The molecule has 5 N–H and O–H groups in total. The van der Waals surface area contributed by atoms with Crippen LogP contribution in [0, 0.1) is 0 Å². The standard InChI is InChI=1S/C33H32F3N7O2/c1-2-42-11-13-43(14-12-42)27-16-21(33(34,35)36)15-26(18-27)40-32(45)39-24-6-3-5-23(17-24)38-25-8-9-28-29(19-22-7-4-10-37-22)31(44)41-30(28)20-25/h3-10,15-20,37-38H,2,11-14H2,1H3,(H,41,44)(H2,39,40,45). The predicted octanol–water partition coefficient (Wildman–Crippen LogP) is 7.06. The quantitative estimate of drug-likeness (QED) is 0.143. The van der Waals surface area contributed by atoms with Gasteiger partial charge in [-0.2, -0.15) is 13.2 Å². The number of halogens is 3. The second-order valence-corrected chi connectivity index (χ2v) is 10.9. The van der Waals surface area contributed by atoms with E-state index in [0.29, 0.717) is 47.1 Å². The number of aromatic nitrogens is 1. The van der Waals surface area contributed by atoms with Crippen molar-refractivity contribution in [1.82, 2.24) is 9.88 Å². The van der Waals surface area contributed by atoms with Crippen molar-refractivity contribution in [3.63, 3.8) is 0 Å². The Morgan fingerprint density at radius 1 is 0.889 bits per heavy atom. The summed E-state index contributed by atoms with van der Waals surface area (Å²) in [6, 6.07) is 19.2. The number of carbonyl (C=O) groups excluding carboxylic acids is 2. The summed E-state index contributed by atoms with van der Waals surface area (Å²) in [5, 5.41) is 11.4. The van der Waals surface area contributed by atoms with Crippen LogP contribution in [0.15, 0.2) is 79.0 Å². The molecule has 9 nitrogen and oxygen atoms in total. The lowest BCUT2D eigenvalue weighted by molar-refractivity contribution is -0.137. The number of hydrogen-bond donors (Lipinski definition) is 5. The Morgan fingerprint density at radius 3 is 2.38 bits per heavy atom. The lowest BCUT2D eigenvalue weighted by atomic mass is 10.1. The summed E-state index contributed by atoms with van der Waals surface area (Å²) in [5.74, 6) is -0.194. The minimum Gasteiger partial charge on any atom is -0.369 e. The molecule has 0 atom stereocenters. The number of nitrogens with one attached hydrogen (secondary N) is 5. The molecule has 2 aliphatic heterocycles. The largest absolute Gasteiger partial charge is 0.416 e. The van der Waals surface area contributed by atoms with E-state index in [-0.39, 0.29) is 11.6 Å². The summed E-state index contributed by atoms with van der Waals surface area (Å²) in [6.45, 7) is 5.66. The van der Waals surface area contributed by atoms with Crippen molar-refractivity contribution in [2.24, 2.45) is 0 Å². The van der Waals surface area contributed by atoms with Gasteiger partial charge in [-0.05, 0) is 73.3 Å². The molecule has 6 rings (SSSR count). The van der Waals surface area contributed by atoms with Crippen molar-refractivity contribution in [3.05, 3.63) is 95.8 Å². The molecule has 232 valence electrons. The maximum Gasteiger partial charge on any atom is 0.416 e. The molecular weight excluding hydrogens is 583 g/mol. The Kier molecular flexibility index (Phi) is 8.22. The second kappa shape index (κ2) is 12.4. The number of likely N-dealkylation sites (N-methyl/N-ethyl adjacent to an activating group) is 1. The minimum absolute atomic E-state index is 0.0504. The first-order chi connectivity index (χ1) is 21.6. The third-order valence-corrected chi connectivity index (χ3v) is 7.82. The van der Waals surface area contributed by atoms with Gasteiger partial charge in [0.15, 0.2) is 0 Å². The van der Waals surface area contributed by atoms with Gasteiger partial charge in [-0.15, -0.1) is 0 Å². The molecule has 3 aromatic carbocycles. The molecule has 0 bridgehead atoms. The molecule has 1 aromatic heterocycles. The van der Waals surface area contributed by atoms with Gasteiger partial charge in [0, 0.05) is 72.1 Å². The highest BCUT2D eigenvalue weighted by Crippen LogP contribution is 2.37. The number of alkyl halides is 3. The molecule has 0 radical (unpaired) electrons. The molecule has 1 fully saturated rings. The van der Waals surface area contributed by atoms with E-state index < -0.39 is 17.8 Å². The summed E-state index contributed by atoms with van der Waals surface area (Å²) >= 11 is 0. The number of benzene rings is 3. The fourth-order valence-electron chi connectivity index (χ4n) is 5.49. The number of rotatable bonds is 7. The third-order valence-electron chi connectivity index (χ3n) is 7.82. The van der Waals surface area contributed by atoms with Gasteiger partial charge < -0.3 is 36.1 Å². The number of fused-ring (bicyclic) bond motifs is 1. The van der Waals surface area contributed by atoms with Crippen LogP contribution < -0.4 is 26.2 Å². The van der Waals surface area contributed by atoms with E-state index in [0.717, 1.165) is 43.0 Å². The van der Waals surface area contributed by atoms with Gasteiger partial charge in [-0.1, -0.05) is 19.1 Å². The Morgan fingerprint density at radius 2 is 1.64 bits per heavy atom. The summed E-state index contributed by atoms with van der Waals surface area (Å²) in [4.78, 5) is 32.7. The van der Waals surface area contributed by atoms with Crippen molar-refractivity contribution < 1.29 is 22.8 Å². The Bertz CT molecular complexity index is 1740. The molecule has 0 spiro atoms. The lowest BCUT2D eigenvalue weighted by Crippen LogP contribution is -2.46. The molecule has 1 saturated heterocycles. The molecule has 12 heteroatoms. The molecule has 0 unspecified atom stereocenters. The van der Waals surface area contributed by atoms with Gasteiger partial charge in [0.2, 0.25) is 0 Å². The van der Waals surface area contributed by atoms with Gasteiger partial charge in [-0.25, -0.2) is 4.79 Å². The van der Waals surface area contributed by atoms with Crippen molar-refractivity contribution in [2.75, 3.05) is 58.9 Å². The lowest BCUT2D eigenvalue weighted by Gasteiger charge is -2.36. The number of H-pyrrole nitrogens is 1. The first-order valence-electron chi connectivity index (χ1n) is 14.6. The van der Waals surface area contributed by atoms with Crippen molar-refractivity contribution in [3.8, 4) is 0 Å². The van der Waals surface area contributed by atoms with Gasteiger partial charge in [0.05, 0.1) is 16.8 Å². The highest BCUT2D eigenvalue weighted by atomic mass is 19.4. The Labute approximate surface area is 258 Å². The summed E-state index contributed by atoms with van der Waals surface area (Å²) in [7, 11) is 0. The average Bonchev–Trinajstić information content (AvgIpc) is 3.64. The number of amides is 3. The molecule has 4 aromatic rings. The van der Waals surface area contributed by atoms with Gasteiger partial charge >= 0.3 is 12.2 Å². The summed E-state index contributed by atoms with van der Waals surface area (Å²) in [5.41, 5.74) is 4.29. The van der Waals surface area contributed by atoms with E-state index in [1.165, 1.54) is 0 Å². The van der Waals surface area contributed by atoms with Crippen LogP contribution in [-0.2, 0) is 11.0 Å². The van der Waals surface area contributed by atoms with E-state index in [1.807, 2.05) is 41.3 Å².